The number of nitrogens with two attached hydrogens (primary N) is 1. The van der Waals surface area contributed by atoms with Crippen LogP contribution in [0.3, 0.4) is 0 Å². The summed E-state index contributed by atoms with van der Waals surface area (Å²) in [5, 5.41) is 3.07. The minimum Gasteiger partial charge on any atom is -0.398 e. The molecule has 0 unspecified atom stereocenters. The molecule has 0 atom stereocenters. The van der Waals surface area contributed by atoms with E-state index in [4.69, 9.17) is 10.5 Å². The molecule has 5 aromatic carbocycles. The summed E-state index contributed by atoms with van der Waals surface area (Å²) in [6, 6.07) is 47.1. The molecule has 0 radical (unpaired) electrons. The van der Waals surface area contributed by atoms with Crippen molar-refractivity contribution >= 4 is 17.2 Å². The third-order valence-corrected chi connectivity index (χ3v) is 8.98. The fourth-order valence-corrected chi connectivity index (χ4v) is 6.46. The first-order valence-corrected chi connectivity index (χ1v) is 16.6. The van der Waals surface area contributed by atoms with E-state index in [1.54, 1.807) is 0 Å². The maximum atomic E-state index is 13.0. The molecule has 5 aromatic rings. The number of amides is 1. The third kappa shape index (κ3) is 7.71. The van der Waals surface area contributed by atoms with Crippen molar-refractivity contribution in [1.82, 2.24) is 10.2 Å². The quantitative estimate of drug-likeness (QED) is 0.0793. The van der Waals surface area contributed by atoms with E-state index in [1.807, 2.05) is 72.8 Å². The lowest BCUT2D eigenvalue weighted by molar-refractivity contribution is 0.000255. The van der Waals surface area contributed by atoms with Crippen LogP contribution in [0.4, 0.5) is 5.69 Å². The van der Waals surface area contributed by atoms with Crippen molar-refractivity contribution in [2.24, 2.45) is 0 Å². The Kier molecular flexibility index (Phi) is 10.6. The van der Waals surface area contributed by atoms with E-state index >= 15 is 0 Å². The molecule has 0 fully saturated rings. The zero-order valence-electron chi connectivity index (χ0n) is 26.9. The Bertz CT molecular complexity index is 1660. The van der Waals surface area contributed by atoms with Crippen LogP contribution in [-0.4, -0.2) is 37.0 Å². The number of rotatable bonds is 13. The van der Waals surface area contributed by atoms with Crippen molar-refractivity contribution in [2.45, 2.75) is 31.5 Å². The summed E-state index contributed by atoms with van der Waals surface area (Å²) in [6.07, 6.45) is 5.38. The van der Waals surface area contributed by atoms with Crippen molar-refractivity contribution < 1.29 is 9.53 Å². The number of nitrogen functional groups attached to an aromatic ring is 1. The third-order valence-electron chi connectivity index (χ3n) is 8.98. The van der Waals surface area contributed by atoms with Crippen molar-refractivity contribution in [3.63, 3.8) is 0 Å². The van der Waals surface area contributed by atoms with E-state index in [1.165, 1.54) is 11.1 Å². The smallest absolute Gasteiger partial charge is 0.253 e. The molecule has 238 valence electrons. The molecule has 0 aromatic heterocycles. The first-order chi connectivity index (χ1) is 23.1. The van der Waals surface area contributed by atoms with Crippen molar-refractivity contribution in [1.29, 1.82) is 0 Å². The molecule has 5 heteroatoms. The normalized spacial score (nSPS) is 13.6. The van der Waals surface area contributed by atoms with E-state index in [0.29, 0.717) is 24.4 Å². The van der Waals surface area contributed by atoms with Crippen LogP contribution in [-0.2, 0) is 16.9 Å². The van der Waals surface area contributed by atoms with Crippen LogP contribution in [0.2, 0.25) is 0 Å². The number of carbonyl (C=O) groups excluding carboxylic acids is 1. The Balaban J connectivity index is 1.05. The first-order valence-electron chi connectivity index (χ1n) is 16.6. The van der Waals surface area contributed by atoms with Gasteiger partial charge in [-0.1, -0.05) is 133 Å². The van der Waals surface area contributed by atoms with Crippen LogP contribution in [0.15, 0.2) is 146 Å². The Hall–Kier alpha value is -4.97. The van der Waals surface area contributed by atoms with Crippen molar-refractivity contribution in [3.8, 4) is 0 Å². The van der Waals surface area contributed by atoms with Crippen molar-refractivity contribution in [2.75, 3.05) is 31.9 Å². The van der Waals surface area contributed by atoms with Crippen LogP contribution >= 0.6 is 0 Å². The fourth-order valence-electron chi connectivity index (χ4n) is 6.46. The number of hydrogen-bond acceptors (Lipinski definition) is 4. The van der Waals surface area contributed by atoms with Crippen LogP contribution in [0, 0.1) is 0 Å². The molecule has 47 heavy (non-hydrogen) atoms. The van der Waals surface area contributed by atoms with Crippen LogP contribution in [0.1, 0.15) is 57.4 Å². The summed E-state index contributed by atoms with van der Waals surface area (Å²) >= 11 is 0. The van der Waals surface area contributed by atoms with Gasteiger partial charge in [0.25, 0.3) is 5.91 Å². The molecule has 1 heterocycles. The largest absolute Gasteiger partial charge is 0.398 e. The number of unbranched alkanes of at least 4 members (excludes halogenated alkanes) is 1. The molecule has 1 amide bonds. The average Bonchev–Trinajstić information content (AvgIpc) is 3.14. The molecule has 1 aliphatic rings. The number of anilines is 1. The zero-order chi connectivity index (χ0) is 32.3. The van der Waals surface area contributed by atoms with Gasteiger partial charge in [0.05, 0.1) is 12.2 Å². The van der Waals surface area contributed by atoms with Gasteiger partial charge in [-0.05, 0) is 71.3 Å². The minimum absolute atomic E-state index is 0.143. The molecular formula is C42H43N3O2. The summed E-state index contributed by atoms with van der Waals surface area (Å²) in [4.78, 5) is 15.5. The average molecular weight is 622 g/mol. The van der Waals surface area contributed by atoms with Gasteiger partial charge in [-0.2, -0.15) is 0 Å². The number of carbonyl (C=O) groups is 1. The Morgan fingerprint density at radius 2 is 1.32 bits per heavy atom. The van der Waals surface area contributed by atoms with Crippen LogP contribution in [0.5, 0.6) is 0 Å². The second-order valence-electron chi connectivity index (χ2n) is 12.1. The van der Waals surface area contributed by atoms with Gasteiger partial charge >= 0.3 is 0 Å². The SMILES string of the molecule is Nc1cc(COC(c2ccccc2)(c2ccccc2)c2ccccc2)ccc1C(=O)NCCCCN1CC=C(c2ccccc2)CC1. The Labute approximate surface area is 278 Å². The zero-order valence-corrected chi connectivity index (χ0v) is 26.9. The van der Waals surface area contributed by atoms with Crippen molar-refractivity contribution in [3.05, 3.63) is 179 Å². The lowest BCUT2D eigenvalue weighted by atomic mass is 9.80. The van der Waals surface area contributed by atoms with Gasteiger partial charge in [0.2, 0.25) is 0 Å². The second kappa shape index (κ2) is 15.5. The Morgan fingerprint density at radius 1 is 0.745 bits per heavy atom. The summed E-state index contributed by atoms with van der Waals surface area (Å²) in [5.74, 6) is -0.143. The molecule has 6 rings (SSSR count). The summed E-state index contributed by atoms with van der Waals surface area (Å²) in [7, 11) is 0. The molecule has 0 saturated carbocycles. The van der Waals surface area contributed by atoms with Gasteiger partial charge in [0.15, 0.2) is 0 Å². The van der Waals surface area contributed by atoms with Gasteiger partial charge < -0.3 is 15.8 Å². The first kappa shape index (κ1) is 32.0. The highest BCUT2D eigenvalue weighted by Crippen LogP contribution is 2.41. The summed E-state index contributed by atoms with van der Waals surface area (Å²) < 4.78 is 6.94. The molecule has 0 spiro atoms. The monoisotopic (exact) mass is 621 g/mol. The van der Waals surface area contributed by atoms with Gasteiger partial charge in [-0.25, -0.2) is 0 Å². The predicted octanol–water partition coefficient (Wildman–Crippen LogP) is 8.08. The fraction of sp³-hybridized carbons (Fsp3) is 0.214. The number of hydrogen-bond donors (Lipinski definition) is 2. The topological polar surface area (TPSA) is 67.6 Å². The highest BCUT2D eigenvalue weighted by Gasteiger charge is 2.37. The molecule has 0 aliphatic carbocycles. The number of benzene rings is 5. The lowest BCUT2D eigenvalue weighted by Crippen LogP contribution is -2.32. The second-order valence-corrected chi connectivity index (χ2v) is 12.1. The van der Waals surface area contributed by atoms with E-state index in [9.17, 15) is 4.79 Å². The molecule has 0 bridgehead atoms. The number of nitrogens with one attached hydrogen (secondary N) is 1. The van der Waals surface area contributed by atoms with Crippen LogP contribution < -0.4 is 11.1 Å². The van der Waals surface area contributed by atoms with Gasteiger partial charge in [-0.3, -0.25) is 9.69 Å². The molecule has 5 nitrogen and oxygen atoms in total. The number of ether oxygens (including phenoxy) is 1. The maximum absolute atomic E-state index is 13.0. The van der Waals surface area contributed by atoms with Gasteiger partial charge in [0, 0.05) is 25.3 Å². The van der Waals surface area contributed by atoms with E-state index in [-0.39, 0.29) is 5.91 Å². The summed E-state index contributed by atoms with van der Waals surface area (Å²) in [5.41, 5.74) is 13.3. The highest BCUT2D eigenvalue weighted by atomic mass is 16.5. The van der Waals surface area contributed by atoms with Gasteiger partial charge in [-0.15, -0.1) is 0 Å². The molecule has 0 saturated heterocycles. The van der Waals surface area contributed by atoms with E-state index < -0.39 is 5.60 Å². The maximum Gasteiger partial charge on any atom is 0.253 e. The molecular weight excluding hydrogens is 578 g/mol. The van der Waals surface area contributed by atoms with Crippen LogP contribution in [0.25, 0.3) is 5.57 Å². The van der Waals surface area contributed by atoms with E-state index in [0.717, 1.165) is 61.2 Å². The molecule has 3 N–H and O–H groups in total. The molecule has 1 aliphatic heterocycles. The summed E-state index contributed by atoms with van der Waals surface area (Å²) in [6.45, 7) is 4.01. The standard InChI is InChI=1S/C42H43N3O2/c43-40-31-33(32-47-42(36-17-7-2-8-18-36,37-19-9-3-10-20-37)38-21-11-4-12-22-38)23-24-39(40)41(46)44-27-13-14-28-45-29-25-35(26-30-45)34-15-5-1-6-16-34/h1-12,15-25,31H,13-14,26-30,32,43H2,(H,44,46). The number of nitrogens with zero attached hydrogens (tertiary/aromatic N) is 1. The highest BCUT2D eigenvalue weighted by molar-refractivity contribution is 5.99. The predicted molar refractivity (Wildman–Crippen MR) is 192 cm³/mol. The van der Waals surface area contributed by atoms with Gasteiger partial charge in [0.1, 0.15) is 5.60 Å². The minimum atomic E-state index is -0.830. The van der Waals surface area contributed by atoms with E-state index in [2.05, 4.69) is 83.0 Å². The Morgan fingerprint density at radius 3 is 1.85 bits per heavy atom. The lowest BCUT2D eigenvalue weighted by Gasteiger charge is -2.36.